The predicted molar refractivity (Wildman–Crippen MR) is 90.1 cm³/mol. The van der Waals surface area contributed by atoms with Crippen LogP contribution < -0.4 is 9.64 Å². The van der Waals surface area contributed by atoms with E-state index in [9.17, 15) is 9.90 Å². The molecule has 4 nitrogen and oxygen atoms in total. The van der Waals surface area contributed by atoms with Crippen LogP contribution in [0.25, 0.3) is 0 Å². The third-order valence-electron chi connectivity index (χ3n) is 4.41. The highest BCUT2D eigenvalue weighted by atomic mass is 16.5. The summed E-state index contributed by atoms with van der Waals surface area (Å²) in [7, 11) is 1.60. The Bertz CT molecular complexity index is 709. The lowest BCUT2D eigenvalue weighted by molar-refractivity contribution is 0.0972. The van der Waals surface area contributed by atoms with Gasteiger partial charge in [0.1, 0.15) is 11.5 Å². The molecule has 1 atom stereocenters. The first-order valence-electron chi connectivity index (χ1n) is 7.88. The molecule has 1 N–H and O–H groups in total. The first kappa shape index (κ1) is 15.4. The highest BCUT2D eigenvalue weighted by Gasteiger charge is 2.37. The van der Waals surface area contributed by atoms with Crippen LogP contribution in [0.3, 0.4) is 0 Å². The molecule has 0 saturated heterocycles. The second kappa shape index (κ2) is 6.32. The minimum Gasteiger partial charge on any atom is -0.507 e. The van der Waals surface area contributed by atoms with Crippen LogP contribution in [0.1, 0.15) is 30.1 Å². The number of benzene rings is 2. The highest BCUT2D eigenvalue weighted by Crippen LogP contribution is 2.40. The number of rotatable bonds is 5. The number of amides is 1. The maximum Gasteiger partial charge on any atom is 0.262 e. The van der Waals surface area contributed by atoms with Gasteiger partial charge in [-0.15, -0.1) is 0 Å². The van der Waals surface area contributed by atoms with Crippen molar-refractivity contribution in [2.24, 2.45) is 5.92 Å². The number of para-hydroxylation sites is 3. The standard InChI is InChI=1S/C19H21NO3/c1-13(14-11-12-14)20(16-8-4-6-10-18(16)23-2)19(22)15-7-3-5-9-17(15)21/h3-10,13-14,21H,11-12H2,1-2H3/t13-/m1/s1. The number of aromatic hydroxyl groups is 1. The average molecular weight is 311 g/mol. The van der Waals surface area contributed by atoms with Gasteiger partial charge in [-0.2, -0.15) is 0 Å². The third kappa shape index (κ3) is 3.02. The van der Waals surface area contributed by atoms with Gasteiger partial charge in [0.15, 0.2) is 0 Å². The summed E-state index contributed by atoms with van der Waals surface area (Å²) in [6.07, 6.45) is 2.25. The van der Waals surface area contributed by atoms with E-state index in [1.165, 1.54) is 6.07 Å². The summed E-state index contributed by atoms with van der Waals surface area (Å²) in [5, 5.41) is 10.1. The Morgan fingerprint density at radius 2 is 1.83 bits per heavy atom. The van der Waals surface area contributed by atoms with E-state index in [4.69, 9.17) is 4.74 Å². The number of phenols is 1. The number of anilines is 1. The largest absolute Gasteiger partial charge is 0.507 e. The Morgan fingerprint density at radius 1 is 1.17 bits per heavy atom. The number of nitrogens with zero attached hydrogens (tertiary/aromatic N) is 1. The molecule has 0 aliphatic heterocycles. The number of phenolic OH excluding ortho intramolecular Hbond substituents is 1. The van der Waals surface area contributed by atoms with Crippen LogP contribution >= 0.6 is 0 Å². The highest BCUT2D eigenvalue weighted by molar-refractivity contribution is 6.09. The second-order valence-electron chi connectivity index (χ2n) is 5.94. The lowest BCUT2D eigenvalue weighted by atomic mass is 10.1. The Hall–Kier alpha value is -2.49. The molecule has 4 heteroatoms. The second-order valence-corrected chi connectivity index (χ2v) is 5.94. The van der Waals surface area contributed by atoms with E-state index in [0.717, 1.165) is 18.5 Å². The molecule has 3 rings (SSSR count). The van der Waals surface area contributed by atoms with Gasteiger partial charge in [0, 0.05) is 6.04 Å². The molecule has 1 aliphatic carbocycles. The van der Waals surface area contributed by atoms with Crippen LogP contribution in [0.2, 0.25) is 0 Å². The molecule has 0 bridgehead atoms. The van der Waals surface area contributed by atoms with Crippen molar-refractivity contribution in [2.75, 3.05) is 12.0 Å². The van der Waals surface area contributed by atoms with Crippen LogP contribution in [-0.2, 0) is 0 Å². The summed E-state index contributed by atoms with van der Waals surface area (Å²) in [5.74, 6) is 0.950. The summed E-state index contributed by atoms with van der Waals surface area (Å²) in [6.45, 7) is 2.06. The van der Waals surface area contributed by atoms with Crippen LogP contribution in [0.4, 0.5) is 5.69 Å². The smallest absolute Gasteiger partial charge is 0.262 e. The van der Waals surface area contributed by atoms with Crippen molar-refractivity contribution in [1.29, 1.82) is 0 Å². The fourth-order valence-electron chi connectivity index (χ4n) is 2.92. The third-order valence-corrected chi connectivity index (χ3v) is 4.41. The van der Waals surface area contributed by atoms with Crippen molar-refractivity contribution >= 4 is 11.6 Å². The monoisotopic (exact) mass is 311 g/mol. The zero-order valence-corrected chi connectivity index (χ0v) is 13.4. The zero-order valence-electron chi connectivity index (χ0n) is 13.4. The van der Waals surface area contributed by atoms with Gasteiger partial charge in [-0.1, -0.05) is 24.3 Å². The quantitative estimate of drug-likeness (QED) is 0.912. The Kier molecular flexibility index (Phi) is 4.24. The van der Waals surface area contributed by atoms with Gasteiger partial charge in [-0.3, -0.25) is 4.79 Å². The maximum absolute atomic E-state index is 13.1. The van der Waals surface area contributed by atoms with Gasteiger partial charge < -0.3 is 14.7 Å². The van der Waals surface area contributed by atoms with Crippen molar-refractivity contribution in [3.63, 3.8) is 0 Å². The fourth-order valence-corrected chi connectivity index (χ4v) is 2.92. The van der Waals surface area contributed by atoms with Crippen LogP contribution in [-0.4, -0.2) is 24.2 Å². The van der Waals surface area contributed by atoms with E-state index in [-0.39, 0.29) is 17.7 Å². The molecule has 2 aromatic carbocycles. The number of ether oxygens (including phenoxy) is 1. The van der Waals surface area contributed by atoms with Gasteiger partial charge in [-0.05, 0) is 49.9 Å². The summed E-state index contributed by atoms with van der Waals surface area (Å²) in [4.78, 5) is 14.9. The normalized spacial score (nSPS) is 15.0. The van der Waals surface area contributed by atoms with Crippen molar-refractivity contribution in [2.45, 2.75) is 25.8 Å². The van der Waals surface area contributed by atoms with Gasteiger partial charge in [0.2, 0.25) is 0 Å². The number of hydrogen-bond donors (Lipinski definition) is 1. The van der Waals surface area contributed by atoms with E-state index in [1.807, 2.05) is 24.3 Å². The van der Waals surface area contributed by atoms with Crippen molar-refractivity contribution in [3.05, 3.63) is 54.1 Å². The Balaban J connectivity index is 2.05. The van der Waals surface area contributed by atoms with E-state index in [2.05, 4.69) is 6.92 Å². The molecular weight excluding hydrogens is 290 g/mol. The molecule has 0 unspecified atom stereocenters. The van der Waals surface area contributed by atoms with Gasteiger partial charge in [0.05, 0.1) is 18.4 Å². The van der Waals surface area contributed by atoms with Crippen molar-refractivity contribution in [3.8, 4) is 11.5 Å². The fraction of sp³-hybridized carbons (Fsp3) is 0.316. The van der Waals surface area contributed by atoms with E-state index in [1.54, 1.807) is 30.2 Å². The van der Waals surface area contributed by atoms with E-state index in [0.29, 0.717) is 17.2 Å². The molecular formula is C19H21NO3. The number of methoxy groups -OCH3 is 1. The van der Waals surface area contributed by atoms with E-state index < -0.39 is 0 Å². The number of carbonyl (C=O) groups excluding carboxylic acids is 1. The average Bonchev–Trinajstić information content (AvgIpc) is 3.40. The van der Waals surface area contributed by atoms with Gasteiger partial charge >= 0.3 is 0 Å². The minimum absolute atomic E-state index is 0.000366. The minimum atomic E-state index is -0.202. The molecule has 0 radical (unpaired) electrons. The van der Waals surface area contributed by atoms with Crippen LogP contribution in [0, 0.1) is 5.92 Å². The molecule has 0 aromatic heterocycles. The molecule has 1 saturated carbocycles. The molecule has 0 spiro atoms. The number of carbonyl (C=O) groups is 1. The van der Waals surface area contributed by atoms with Gasteiger partial charge in [-0.25, -0.2) is 0 Å². The zero-order chi connectivity index (χ0) is 16.4. The van der Waals surface area contributed by atoms with E-state index >= 15 is 0 Å². The van der Waals surface area contributed by atoms with Crippen molar-refractivity contribution < 1.29 is 14.6 Å². The molecule has 1 amide bonds. The topological polar surface area (TPSA) is 49.8 Å². The Labute approximate surface area is 136 Å². The van der Waals surface area contributed by atoms with Gasteiger partial charge in [0.25, 0.3) is 5.91 Å². The molecule has 1 fully saturated rings. The number of hydrogen-bond acceptors (Lipinski definition) is 3. The molecule has 2 aromatic rings. The lowest BCUT2D eigenvalue weighted by Gasteiger charge is -2.31. The summed E-state index contributed by atoms with van der Waals surface area (Å²) in [6, 6.07) is 14.2. The van der Waals surface area contributed by atoms with Crippen LogP contribution in [0.15, 0.2) is 48.5 Å². The maximum atomic E-state index is 13.1. The summed E-state index contributed by atoms with van der Waals surface area (Å²) in [5.41, 5.74) is 1.05. The molecule has 0 heterocycles. The first-order chi connectivity index (χ1) is 11.1. The van der Waals surface area contributed by atoms with Crippen LogP contribution in [0.5, 0.6) is 11.5 Å². The van der Waals surface area contributed by atoms with Crippen molar-refractivity contribution in [1.82, 2.24) is 0 Å². The lowest BCUT2D eigenvalue weighted by Crippen LogP contribution is -2.40. The predicted octanol–water partition coefficient (Wildman–Crippen LogP) is 3.85. The molecule has 1 aliphatic rings. The first-order valence-corrected chi connectivity index (χ1v) is 7.88. The summed E-state index contributed by atoms with van der Waals surface area (Å²) < 4.78 is 5.44. The molecule has 120 valence electrons. The summed E-state index contributed by atoms with van der Waals surface area (Å²) >= 11 is 0. The SMILES string of the molecule is COc1ccccc1N(C(=O)c1ccccc1O)[C@H](C)C1CC1. The molecule has 23 heavy (non-hydrogen) atoms. The Morgan fingerprint density at radius 3 is 2.48 bits per heavy atom.